The Morgan fingerprint density at radius 2 is 1.67 bits per heavy atom. The molecule has 1 aromatic rings. The molecule has 5 heteroatoms. The number of hydrogen-bond acceptors (Lipinski definition) is 1. The Hall–Kier alpha value is -0.930. The molecule has 2 rings (SSSR count). The fourth-order valence-corrected chi connectivity index (χ4v) is 3.01. The summed E-state index contributed by atoms with van der Waals surface area (Å²) in [6, 6.07) is 4.94. The van der Waals surface area contributed by atoms with Crippen molar-refractivity contribution in [1.29, 1.82) is 0 Å². The van der Waals surface area contributed by atoms with Crippen LogP contribution in [0.2, 0.25) is 10.0 Å². The van der Waals surface area contributed by atoms with Crippen molar-refractivity contribution in [3.63, 3.8) is 0 Å². The minimum Gasteiger partial charge on any atom is -0.465 e. The second kappa shape index (κ2) is 5.81. The Bertz CT molecular complexity index is 424. The molecule has 0 aromatic heterocycles. The van der Waals surface area contributed by atoms with Gasteiger partial charge in [0.25, 0.3) is 0 Å². The number of benzene rings is 1. The molecule has 0 spiro atoms. The van der Waals surface area contributed by atoms with Crippen LogP contribution in [0.5, 0.6) is 0 Å². The lowest BCUT2D eigenvalue weighted by atomic mass is 9.94. The lowest BCUT2D eigenvalue weighted by molar-refractivity contribution is 0.196. The highest BCUT2D eigenvalue weighted by Crippen LogP contribution is 2.31. The fraction of sp³-hybridized carbons (Fsp3) is 0.462. The topological polar surface area (TPSA) is 40.5 Å². The first-order valence-electron chi connectivity index (χ1n) is 6.06. The maximum atomic E-state index is 11.5. The number of halogens is 2. The maximum Gasteiger partial charge on any atom is 0.412 e. The highest BCUT2D eigenvalue weighted by molar-refractivity contribution is 6.35. The van der Waals surface area contributed by atoms with Crippen molar-refractivity contribution in [3.05, 3.63) is 28.2 Å². The van der Waals surface area contributed by atoms with E-state index in [4.69, 9.17) is 23.2 Å². The molecule has 1 N–H and O–H groups in total. The van der Waals surface area contributed by atoms with Crippen LogP contribution in [0.4, 0.5) is 10.5 Å². The van der Waals surface area contributed by atoms with Crippen LogP contribution in [0.3, 0.4) is 0 Å². The summed E-state index contributed by atoms with van der Waals surface area (Å²) in [4.78, 5) is 12.9. The summed E-state index contributed by atoms with van der Waals surface area (Å²) < 4.78 is 0. The Balaban J connectivity index is 2.31. The Labute approximate surface area is 116 Å². The third kappa shape index (κ3) is 3.09. The van der Waals surface area contributed by atoms with Gasteiger partial charge < -0.3 is 5.11 Å². The van der Waals surface area contributed by atoms with Gasteiger partial charge in [-0.25, -0.2) is 4.79 Å². The van der Waals surface area contributed by atoms with Gasteiger partial charge in [-0.1, -0.05) is 42.5 Å². The molecule has 0 bridgehead atoms. The smallest absolute Gasteiger partial charge is 0.412 e. The summed E-state index contributed by atoms with van der Waals surface area (Å²) in [5.41, 5.74) is 0.562. The van der Waals surface area contributed by atoms with Gasteiger partial charge >= 0.3 is 6.09 Å². The van der Waals surface area contributed by atoms with Gasteiger partial charge in [0.15, 0.2) is 0 Å². The van der Waals surface area contributed by atoms with Crippen molar-refractivity contribution in [2.45, 2.75) is 38.1 Å². The summed E-state index contributed by atoms with van der Waals surface area (Å²) in [6.45, 7) is 0. The normalized spacial score (nSPS) is 16.6. The summed E-state index contributed by atoms with van der Waals surface area (Å²) in [7, 11) is 0. The molecule has 3 nitrogen and oxygen atoms in total. The number of nitrogens with zero attached hydrogens (tertiary/aromatic N) is 1. The molecule has 98 valence electrons. The van der Waals surface area contributed by atoms with Crippen LogP contribution in [0.1, 0.15) is 32.1 Å². The van der Waals surface area contributed by atoms with Gasteiger partial charge in [0.1, 0.15) is 0 Å². The number of amides is 1. The van der Waals surface area contributed by atoms with Gasteiger partial charge in [-0.15, -0.1) is 0 Å². The molecule has 1 saturated carbocycles. The minimum absolute atomic E-state index is 0.0331. The average molecular weight is 288 g/mol. The van der Waals surface area contributed by atoms with Crippen molar-refractivity contribution in [2.75, 3.05) is 4.90 Å². The monoisotopic (exact) mass is 287 g/mol. The van der Waals surface area contributed by atoms with E-state index in [1.165, 1.54) is 11.3 Å². The van der Waals surface area contributed by atoms with Crippen molar-refractivity contribution < 1.29 is 9.90 Å². The first kappa shape index (κ1) is 13.5. The molecular formula is C13H15Cl2NO2. The molecule has 1 aliphatic carbocycles. The van der Waals surface area contributed by atoms with Crippen LogP contribution < -0.4 is 4.90 Å². The van der Waals surface area contributed by atoms with Gasteiger partial charge in [0.2, 0.25) is 0 Å². The van der Waals surface area contributed by atoms with E-state index in [0.29, 0.717) is 15.7 Å². The van der Waals surface area contributed by atoms with E-state index in [9.17, 15) is 9.90 Å². The maximum absolute atomic E-state index is 11.5. The molecule has 0 atom stereocenters. The van der Waals surface area contributed by atoms with Gasteiger partial charge in [0.05, 0.1) is 5.69 Å². The summed E-state index contributed by atoms with van der Waals surface area (Å²) in [5.74, 6) is 0. The first-order valence-corrected chi connectivity index (χ1v) is 6.82. The van der Waals surface area contributed by atoms with Gasteiger partial charge in [0, 0.05) is 16.1 Å². The van der Waals surface area contributed by atoms with Gasteiger partial charge in [-0.05, 0) is 31.0 Å². The Kier molecular flexibility index (Phi) is 4.36. The standard InChI is InChI=1S/C13H15Cl2NO2/c14-9-6-10(15)8-12(7-9)16(13(17)18)11-4-2-1-3-5-11/h6-8,11H,1-5H2,(H,17,18). The molecule has 0 unspecified atom stereocenters. The van der Waals surface area contributed by atoms with Gasteiger partial charge in [-0.3, -0.25) is 4.90 Å². The van der Waals surface area contributed by atoms with Crippen molar-refractivity contribution in [1.82, 2.24) is 0 Å². The second-order valence-electron chi connectivity index (χ2n) is 4.57. The third-order valence-corrected chi connectivity index (χ3v) is 3.71. The lowest BCUT2D eigenvalue weighted by Crippen LogP contribution is -2.40. The molecule has 0 heterocycles. The lowest BCUT2D eigenvalue weighted by Gasteiger charge is -2.32. The minimum atomic E-state index is -0.944. The second-order valence-corrected chi connectivity index (χ2v) is 5.44. The average Bonchev–Trinajstić information content (AvgIpc) is 2.28. The van der Waals surface area contributed by atoms with E-state index in [1.54, 1.807) is 18.2 Å². The Morgan fingerprint density at radius 3 is 2.17 bits per heavy atom. The van der Waals surface area contributed by atoms with E-state index in [2.05, 4.69) is 0 Å². The summed E-state index contributed by atoms with van der Waals surface area (Å²) >= 11 is 11.9. The molecule has 1 amide bonds. The zero-order chi connectivity index (χ0) is 13.1. The van der Waals surface area contributed by atoms with Gasteiger partial charge in [-0.2, -0.15) is 0 Å². The number of carbonyl (C=O) groups is 1. The zero-order valence-corrected chi connectivity index (χ0v) is 11.4. The van der Waals surface area contributed by atoms with Crippen LogP contribution in [-0.4, -0.2) is 17.2 Å². The highest BCUT2D eigenvalue weighted by Gasteiger charge is 2.26. The van der Waals surface area contributed by atoms with Crippen molar-refractivity contribution in [2.24, 2.45) is 0 Å². The van der Waals surface area contributed by atoms with Crippen molar-refractivity contribution >= 4 is 35.0 Å². The SMILES string of the molecule is O=C(O)N(c1cc(Cl)cc(Cl)c1)C1CCCCC1. The third-order valence-electron chi connectivity index (χ3n) is 3.27. The molecule has 1 aromatic carbocycles. The molecule has 18 heavy (non-hydrogen) atoms. The van der Waals surface area contributed by atoms with Crippen LogP contribution in [-0.2, 0) is 0 Å². The highest BCUT2D eigenvalue weighted by atomic mass is 35.5. The van der Waals surface area contributed by atoms with E-state index in [1.807, 2.05) is 0 Å². The zero-order valence-electron chi connectivity index (χ0n) is 9.90. The van der Waals surface area contributed by atoms with E-state index in [0.717, 1.165) is 25.7 Å². The van der Waals surface area contributed by atoms with Crippen LogP contribution in [0, 0.1) is 0 Å². The summed E-state index contributed by atoms with van der Waals surface area (Å²) in [6.07, 6.45) is 4.18. The fourth-order valence-electron chi connectivity index (χ4n) is 2.50. The predicted octanol–water partition coefficient (Wildman–Crippen LogP) is 4.81. The predicted molar refractivity (Wildman–Crippen MR) is 73.8 cm³/mol. The molecular weight excluding hydrogens is 273 g/mol. The van der Waals surface area contributed by atoms with Crippen LogP contribution in [0.15, 0.2) is 18.2 Å². The molecule has 0 aliphatic heterocycles. The molecule has 0 radical (unpaired) electrons. The van der Waals surface area contributed by atoms with E-state index < -0.39 is 6.09 Å². The number of anilines is 1. The van der Waals surface area contributed by atoms with E-state index in [-0.39, 0.29) is 6.04 Å². The van der Waals surface area contributed by atoms with Crippen molar-refractivity contribution in [3.8, 4) is 0 Å². The molecule has 1 aliphatic rings. The number of carboxylic acid groups (broad SMARTS) is 1. The molecule has 0 saturated heterocycles. The van der Waals surface area contributed by atoms with Crippen LogP contribution >= 0.6 is 23.2 Å². The largest absolute Gasteiger partial charge is 0.465 e. The number of rotatable bonds is 2. The van der Waals surface area contributed by atoms with E-state index >= 15 is 0 Å². The van der Waals surface area contributed by atoms with Crippen LogP contribution in [0.25, 0.3) is 0 Å². The summed E-state index contributed by atoms with van der Waals surface area (Å²) in [5, 5.41) is 10.3. The molecule has 1 fully saturated rings. The number of hydrogen-bond donors (Lipinski definition) is 1. The Morgan fingerprint density at radius 1 is 1.11 bits per heavy atom. The quantitative estimate of drug-likeness (QED) is 0.848. The first-order chi connectivity index (χ1) is 8.58.